The fourth-order valence-electron chi connectivity index (χ4n) is 2.03. The Bertz CT molecular complexity index is 326. The van der Waals surface area contributed by atoms with Gasteiger partial charge in [0, 0.05) is 26.2 Å². The van der Waals surface area contributed by atoms with E-state index in [0.717, 1.165) is 6.54 Å². The lowest BCUT2D eigenvalue weighted by molar-refractivity contribution is -0.157. The van der Waals surface area contributed by atoms with Crippen LogP contribution in [0.3, 0.4) is 0 Å². The third-order valence-electron chi connectivity index (χ3n) is 2.76. The molecule has 1 aliphatic heterocycles. The molecule has 0 radical (unpaired) electrons. The van der Waals surface area contributed by atoms with Gasteiger partial charge in [-0.25, -0.2) is 0 Å². The van der Waals surface area contributed by atoms with Gasteiger partial charge >= 0.3 is 5.97 Å². The molecule has 0 saturated carbocycles. The first-order chi connectivity index (χ1) is 8.83. The summed E-state index contributed by atoms with van der Waals surface area (Å²) in [7, 11) is 0. The molecule has 6 heteroatoms. The number of piperazine rings is 1. The Kier molecular flexibility index (Phi) is 5.75. The molecule has 1 heterocycles. The van der Waals surface area contributed by atoms with Crippen molar-refractivity contribution in [2.75, 3.05) is 32.7 Å². The number of carbonyl (C=O) groups is 2. The van der Waals surface area contributed by atoms with Crippen molar-refractivity contribution >= 4 is 11.9 Å². The van der Waals surface area contributed by atoms with Crippen LogP contribution in [0.2, 0.25) is 0 Å². The van der Waals surface area contributed by atoms with Gasteiger partial charge in [0.05, 0.1) is 6.54 Å². The van der Waals surface area contributed by atoms with E-state index in [1.807, 2.05) is 32.6 Å². The molecule has 19 heavy (non-hydrogen) atoms. The van der Waals surface area contributed by atoms with Gasteiger partial charge in [0.2, 0.25) is 5.91 Å². The van der Waals surface area contributed by atoms with Crippen molar-refractivity contribution in [1.82, 2.24) is 15.5 Å². The van der Waals surface area contributed by atoms with Crippen molar-refractivity contribution in [2.24, 2.45) is 0 Å². The molecule has 6 nitrogen and oxygen atoms in total. The Balaban J connectivity index is 2.57. The summed E-state index contributed by atoms with van der Waals surface area (Å²) in [4.78, 5) is 25.6. The van der Waals surface area contributed by atoms with E-state index in [1.165, 1.54) is 0 Å². The highest BCUT2D eigenvalue weighted by Gasteiger charge is 2.30. The third-order valence-corrected chi connectivity index (χ3v) is 2.76. The fourth-order valence-corrected chi connectivity index (χ4v) is 2.03. The maximum Gasteiger partial charge on any atom is 0.320 e. The zero-order chi connectivity index (χ0) is 14.5. The van der Waals surface area contributed by atoms with Gasteiger partial charge in [-0.05, 0) is 27.7 Å². The second-order valence-corrected chi connectivity index (χ2v) is 5.67. The topological polar surface area (TPSA) is 70.7 Å². The molecule has 1 amide bonds. The van der Waals surface area contributed by atoms with Crippen LogP contribution in [0, 0.1) is 0 Å². The molecule has 0 aromatic rings. The zero-order valence-corrected chi connectivity index (χ0v) is 12.3. The summed E-state index contributed by atoms with van der Waals surface area (Å²) in [5.74, 6) is -0.332. The SMILES string of the molecule is CCNC(=O)C1CNCCN1CC(=O)OC(C)(C)C. The molecule has 110 valence electrons. The zero-order valence-electron chi connectivity index (χ0n) is 12.3. The van der Waals surface area contributed by atoms with Crippen LogP contribution in [-0.4, -0.2) is 61.1 Å². The fraction of sp³-hybridized carbons (Fsp3) is 0.846. The van der Waals surface area contributed by atoms with Crippen molar-refractivity contribution in [3.63, 3.8) is 0 Å². The molecule has 0 aromatic carbocycles. The predicted molar refractivity (Wildman–Crippen MR) is 72.8 cm³/mol. The number of ether oxygens (including phenoxy) is 1. The van der Waals surface area contributed by atoms with E-state index in [9.17, 15) is 9.59 Å². The monoisotopic (exact) mass is 271 g/mol. The highest BCUT2D eigenvalue weighted by molar-refractivity contribution is 5.83. The van der Waals surface area contributed by atoms with Crippen molar-refractivity contribution in [2.45, 2.75) is 39.3 Å². The van der Waals surface area contributed by atoms with Crippen LogP contribution in [0.1, 0.15) is 27.7 Å². The number of hydrogen-bond acceptors (Lipinski definition) is 5. The first kappa shape index (κ1) is 15.9. The van der Waals surface area contributed by atoms with E-state index in [4.69, 9.17) is 4.74 Å². The van der Waals surface area contributed by atoms with Crippen molar-refractivity contribution in [3.05, 3.63) is 0 Å². The first-order valence-electron chi connectivity index (χ1n) is 6.78. The molecule has 0 spiro atoms. The summed E-state index contributed by atoms with van der Waals surface area (Å²) in [5.41, 5.74) is -0.494. The molecule has 2 N–H and O–H groups in total. The Morgan fingerprint density at radius 1 is 1.42 bits per heavy atom. The normalized spacial score (nSPS) is 20.9. The molecule has 0 aliphatic carbocycles. The van der Waals surface area contributed by atoms with Crippen LogP contribution in [-0.2, 0) is 14.3 Å². The molecule has 1 saturated heterocycles. The molecule has 1 fully saturated rings. The van der Waals surface area contributed by atoms with Gasteiger partial charge in [0.25, 0.3) is 0 Å². The van der Waals surface area contributed by atoms with Crippen molar-refractivity contribution < 1.29 is 14.3 Å². The number of nitrogens with one attached hydrogen (secondary N) is 2. The van der Waals surface area contributed by atoms with Crippen LogP contribution in [0.5, 0.6) is 0 Å². The van der Waals surface area contributed by atoms with Gasteiger partial charge < -0.3 is 15.4 Å². The Hall–Kier alpha value is -1.14. The van der Waals surface area contributed by atoms with Crippen LogP contribution in [0.4, 0.5) is 0 Å². The minimum absolute atomic E-state index is 0.0433. The van der Waals surface area contributed by atoms with Crippen LogP contribution < -0.4 is 10.6 Å². The first-order valence-corrected chi connectivity index (χ1v) is 6.78. The standard InChI is InChI=1S/C13H25N3O3/c1-5-15-12(18)10-8-14-6-7-16(10)9-11(17)19-13(2,3)4/h10,14H,5-9H2,1-4H3,(H,15,18). The third kappa shape index (κ3) is 5.57. The average Bonchev–Trinajstić information content (AvgIpc) is 2.27. The van der Waals surface area contributed by atoms with E-state index in [-0.39, 0.29) is 24.5 Å². The van der Waals surface area contributed by atoms with Gasteiger partial charge in [-0.3, -0.25) is 14.5 Å². The number of carbonyl (C=O) groups excluding carboxylic acids is 2. The van der Waals surface area contributed by atoms with E-state index < -0.39 is 5.60 Å². The molecule has 1 aliphatic rings. The summed E-state index contributed by atoms with van der Waals surface area (Å²) in [6.45, 7) is 10.1. The van der Waals surface area contributed by atoms with E-state index in [0.29, 0.717) is 19.6 Å². The molecular formula is C13H25N3O3. The molecule has 0 aromatic heterocycles. The van der Waals surface area contributed by atoms with Crippen LogP contribution >= 0.6 is 0 Å². The van der Waals surface area contributed by atoms with E-state index in [2.05, 4.69) is 10.6 Å². The quantitative estimate of drug-likeness (QED) is 0.689. The van der Waals surface area contributed by atoms with Crippen molar-refractivity contribution in [3.8, 4) is 0 Å². The smallest absolute Gasteiger partial charge is 0.320 e. The number of likely N-dealkylation sites (N-methyl/N-ethyl adjacent to an activating group) is 1. The van der Waals surface area contributed by atoms with E-state index >= 15 is 0 Å². The highest BCUT2D eigenvalue weighted by Crippen LogP contribution is 2.09. The lowest BCUT2D eigenvalue weighted by Gasteiger charge is -2.34. The van der Waals surface area contributed by atoms with Gasteiger partial charge in [0.1, 0.15) is 11.6 Å². The molecule has 1 rings (SSSR count). The molecular weight excluding hydrogens is 246 g/mol. The predicted octanol–water partition coefficient (Wildman–Crippen LogP) is -0.262. The Morgan fingerprint density at radius 2 is 2.11 bits per heavy atom. The van der Waals surface area contributed by atoms with Crippen LogP contribution in [0.25, 0.3) is 0 Å². The summed E-state index contributed by atoms with van der Waals surface area (Å²) in [5, 5.41) is 5.97. The number of rotatable bonds is 4. The second kappa shape index (κ2) is 6.86. The molecule has 1 atom stereocenters. The number of nitrogens with zero attached hydrogens (tertiary/aromatic N) is 1. The maximum atomic E-state index is 11.9. The number of amides is 1. The molecule has 1 unspecified atom stereocenters. The summed E-state index contributed by atoms with van der Waals surface area (Å²) in [6.07, 6.45) is 0. The highest BCUT2D eigenvalue weighted by atomic mass is 16.6. The van der Waals surface area contributed by atoms with Gasteiger partial charge in [-0.15, -0.1) is 0 Å². The van der Waals surface area contributed by atoms with Gasteiger partial charge in [-0.2, -0.15) is 0 Å². The Morgan fingerprint density at radius 3 is 2.68 bits per heavy atom. The lowest BCUT2D eigenvalue weighted by Crippen LogP contribution is -2.59. The van der Waals surface area contributed by atoms with Gasteiger partial charge in [0.15, 0.2) is 0 Å². The number of hydrogen-bond donors (Lipinski definition) is 2. The summed E-state index contributed by atoms with van der Waals surface area (Å²) >= 11 is 0. The average molecular weight is 271 g/mol. The minimum Gasteiger partial charge on any atom is -0.459 e. The van der Waals surface area contributed by atoms with Crippen LogP contribution in [0.15, 0.2) is 0 Å². The summed E-state index contributed by atoms with van der Waals surface area (Å²) < 4.78 is 5.30. The number of esters is 1. The minimum atomic E-state index is -0.494. The Labute approximate surface area is 114 Å². The largest absolute Gasteiger partial charge is 0.459 e. The van der Waals surface area contributed by atoms with Gasteiger partial charge in [-0.1, -0.05) is 0 Å². The second-order valence-electron chi connectivity index (χ2n) is 5.67. The lowest BCUT2D eigenvalue weighted by atomic mass is 10.1. The van der Waals surface area contributed by atoms with Crippen molar-refractivity contribution in [1.29, 1.82) is 0 Å². The summed E-state index contributed by atoms with van der Waals surface area (Å²) in [6, 6.07) is -0.304. The van der Waals surface area contributed by atoms with E-state index in [1.54, 1.807) is 0 Å². The molecule has 0 bridgehead atoms. The maximum absolute atomic E-state index is 11.9.